The van der Waals surface area contributed by atoms with Crippen LogP contribution in [-0.2, 0) is 14.3 Å². The third kappa shape index (κ3) is 3.98. The first-order valence-electron chi connectivity index (χ1n) is 6.70. The van der Waals surface area contributed by atoms with Crippen molar-refractivity contribution in [2.24, 2.45) is 11.1 Å². The Morgan fingerprint density at radius 3 is 2.33 bits per heavy atom. The molecule has 1 fully saturated rings. The Kier molecular flexibility index (Phi) is 6.12. The highest BCUT2D eigenvalue weighted by Crippen LogP contribution is 2.34. The Balaban J connectivity index is 2.47. The standard InChI is InChI=1S/C13H24N2O3/c1-18-11(16)6-9-15-12(17)13(10-14)7-4-2-3-5-8-13/h2-10,14H2,1H3,(H,15,17). The monoisotopic (exact) mass is 256 g/mol. The van der Waals surface area contributed by atoms with Gasteiger partial charge >= 0.3 is 5.97 Å². The minimum absolute atomic E-state index is 0.00389. The highest BCUT2D eigenvalue weighted by Gasteiger charge is 2.36. The van der Waals surface area contributed by atoms with Crippen LogP contribution in [0.3, 0.4) is 0 Å². The molecule has 1 aliphatic carbocycles. The summed E-state index contributed by atoms with van der Waals surface area (Å²) in [6, 6.07) is 0. The first kappa shape index (κ1) is 15.0. The Hall–Kier alpha value is -1.10. The van der Waals surface area contributed by atoms with E-state index in [9.17, 15) is 9.59 Å². The molecule has 0 bridgehead atoms. The summed E-state index contributed by atoms with van der Waals surface area (Å²) < 4.78 is 4.53. The van der Waals surface area contributed by atoms with Gasteiger partial charge in [0, 0.05) is 13.1 Å². The molecule has 0 aromatic heterocycles. The zero-order valence-electron chi connectivity index (χ0n) is 11.2. The van der Waals surface area contributed by atoms with Crippen LogP contribution in [0.25, 0.3) is 0 Å². The van der Waals surface area contributed by atoms with Gasteiger partial charge in [-0.05, 0) is 12.8 Å². The molecule has 0 aromatic carbocycles. The summed E-state index contributed by atoms with van der Waals surface area (Å²) in [7, 11) is 1.34. The fraction of sp³-hybridized carbons (Fsp3) is 0.846. The van der Waals surface area contributed by atoms with Gasteiger partial charge < -0.3 is 15.8 Å². The third-order valence-electron chi connectivity index (χ3n) is 3.78. The fourth-order valence-corrected chi connectivity index (χ4v) is 2.50. The maximum Gasteiger partial charge on any atom is 0.307 e. The second-order valence-corrected chi connectivity index (χ2v) is 4.98. The molecule has 0 saturated heterocycles. The van der Waals surface area contributed by atoms with Gasteiger partial charge in [0.1, 0.15) is 0 Å². The summed E-state index contributed by atoms with van der Waals surface area (Å²) in [5.74, 6) is -0.311. The average Bonchev–Trinajstić information content (AvgIpc) is 2.64. The molecular formula is C13H24N2O3. The van der Waals surface area contributed by atoms with Crippen molar-refractivity contribution in [3.05, 3.63) is 0 Å². The number of amides is 1. The van der Waals surface area contributed by atoms with Crippen LogP contribution in [0.4, 0.5) is 0 Å². The van der Waals surface area contributed by atoms with E-state index in [4.69, 9.17) is 5.73 Å². The molecule has 5 heteroatoms. The molecule has 1 rings (SSSR count). The number of methoxy groups -OCH3 is 1. The number of hydrogen-bond acceptors (Lipinski definition) is 4. The lowest BCUT2D eigenvalue weighted by Crippen LogP contribution is -2.46. The van der Waals surface area contributed by atoms with Gasteiger partial charge in [0.2, 0.25) is 5.91 Å². The summed E-state index contributed by atoms with van der Waals surface area (Å²) in [6.45, 7) is 0.713. The Bertz CT molecular complexity index is 284. The van der Waals surface area contributed by atoms with Crippen LogP contribution in [0, 0.1) is 5.41 Å². The average molecular weight is 256 g/mol. The van der Waals surface area contributed by atoms with E-state index in [2.05, 4.69) is 10.1 Å². The molecule has 1 amide bonds. The topological polar surface area (TPSA) is 81.4 Å². The summed E-state index contributed by atoms with van der Waals surface area (Å²) in [5.41, 5.74) is 5.39. The Morgan fingerprint density at radius 2 is 1.83 bits per heavy atom. The summed E-state index contributed by atoms with van der Waals surface area (Å²) in [6.07, 6.45) is 6.39. The number of carbonyl (C=O) groups excluding carboxylic acids is 2. The van der Waals surface area contributed by atoms with E-state index in [-0.39, 0.29) is 18.3 Å². The van der Waals surface area contributed by atoms with Gasteiger partial charge in [0.05, 0.1) is 18.9 Å². The molecular weight excluding hydrogens is 232 g/mol. The molecule has 5 nitrogen and oxygen atoms in total. The fourth-order valence-electron chi connectivity index (χ4n) is 2.50. The van der Waals surface area contributed by atoms with Gasteiger partial charge in [0.15, 0.2) is 0 Å². The normalized spacial score (nSPS) is 18.8. The van der Waals surface area contributed by atoms with E-state index in [1.165, 1.54) is 20.0 Å². The van der Waals surface area contributed by atoms with Crippen molar-refractivity contribution in [3.63, 3.8) is 0 Å². The number of ether oxygens (including phenoxy) is 1. The molecule has 1 aliphatic rings. The van der Waals surface area contributed by atoms with Crippen molar-refractivity contribution in [3.8, 4) is 0 Å². The predicted molar refractivity (Wildman–Crippen MR) is 68.8 cm³/mol. The van der Waals surface area contributed by atoms with E-state index in [0.29, 0.717) is 13.1 Å². The van der Waals surface area contributed by atoms with E-state index in [0.717, 1.165) is 25.7 Å². The van der Waals surface area contributed by atoms with Crippen LogP contribution in [-0.4, -0.2) is 32.1 Å². The van der Waals surface area contributed by atoms with Crippen molar-refractivity contribution in [1.29, 1.82) is 0 Å². The molecule has 0 radical (unpaired) electrons. The Labute approximate surface area is 108 Å². The van der Waals surface area contributed by atoms with Crippen molar-refractivity contribution < 1.29 is 14.3 Å². The first-order valence-corrected chi connectivity index (χ1v) is 6.70. The van der Waals surface area contributed by atoms with E-state index >= 15 is 0 Å². The number of esters is 1. The van der Waals surface area contributed by atoms with Crippen LogP contribution >= 0.6 is 0 Å². The first-order chi connectivity index (χ1) is 8.64. The maximum atomic E-state index is 12.2. The lowest BCUT2D eigenvalue weighted by Gasteiger charge is -2.29. The smallest absolute Gasteiger partial charge is 0.307 e. The van der Waals surface area contributed by atoms with Crippen molar-refractivity contribution in [1.82, 2.24) is 5.32 Å². The number of hydrogen-bond donors (Lipinski definition) is 2. The van der Waals surface area contributed by atoms with Crippen LogP contribution < -0.4 is 11.1 Å². The zero-order valence-corrected chi connectivity index (χ0v) is 11.2. The minimum atomic E-state index is -0.424. The highest BCUT2D eigenvalue weighted by atomic mass is 16.5. The summed E-state index contributed by atoms with van der Waals surface area (Å²) >= 11 is 0. The third-order valence-corrected chi connectivity index (χ3v) is 3.78. The molecule has 104 valence electrons. The lowest BCUT2D eigenvalue weighted by atomic mass is 9.79. The van der Waals surface area contributed by atoms with Gasteiger partial charge in [-0.2, -0.15) is 0 Å². The van der Waals surface area contributed by atoms with Gasteiger partial charge in [-0.15, -0.1) is 0 Å². The molecule has 0 aliphatic heterocycles. The number of nitrogens with one attached hydrogen (secondary N) is 1. The maximum absolute atomic E-state index is 12.2. The zero-order chi connectivity index (χ0) is 13.4. The van der Waals surface area contributed by atoms with Gasteiger partial charge in [0.25, 0.3) is 0 Å². The molecule has 1 saturated carbocycles. The van der Waals surface area contributed by atoms with E-state index in [1.54, 1.807) is 0 Å². The quantitative estimate of drug-likeness (QED) is 0.567. The molecule has 0 spiro atoms. The SMILES string of the molecule is COC(=O)CCNC(=O)C1(CN)CCCCCC1. The van der Waals surface area contributed by atoms with Crippen molar-refractivity contribution >= 4 is 11.9 Å². The molecule has 0 heterocycles. The van der Waals surface area contributed by atoms with Crippen LogP contribution in [0.1, 0.15) is 44.9 Å². The van der Waals surface area contributed by atoms with Crippen LogP contribution in [0.15, 0.2) is 0 Å². The second kappa shape index (κ2) is 7.36. The van der Waals surface area contributed by atoms with Crippen molar-refractivity contribution in [2.45, 2.75) is 44.9 Å². The van der Waals surface area contributed by atoms with Crippen molar-refractivity contribution in [2.75, 3.05) is 20.2 Å². The molecule has 0 unspecified atom stereocenters. The predicted octanol–water partition coefficient (Wildman–Crippen LogP) is 0.965. The molecule has 0 atom stereocenters. The van der Waals surface area contributed by atoms with Crippen LogP contribution in [0.5, 0.6) is 0 Å². The number of carbonyl (C=O) groups is 2. The molecule has 3 N–H and O–H groups in total. The summed E-state index contributed by atoms with van der Waals surface area (Å²) in [4.78, 5) is 23.2. The van der Waals surface area contributed by atoms with Gasteiger partial charge in [-0.25, -0.2) is 0 Å². The second-order valence-electron chi connectivity index (χ2n) is 4.98. The number of rotatable bonds is 5. The van der Waals surface area contributed by atoms with Gasteiger partial charge in [-0.1, -0.05) is 25.7 Å². The lowest BCUT2D eigenvalue weighted by molar-refractivity contribution is -0.140. The Morgan fingerprint density at radius 1 is 1.22 bits per heavy atom. The van der Waals surface area contributed by atoms with E-state index in [1.807, 2.05) is 0 Å². The molecule has 18 heavy (non-hydrogen) atoms. The number of nitrogens with two attached hydrogens (primary N) is 1. The minimum Gasteiger partial charge on any atom is -0.469 e. The van der Waals surface area contributed by atoms with Gasteiger partial charge in [-0.3, -0.25) is 9.59 Å². The summed E-state index contributed by atoms with van der Waals surface area (Å²) in [5, 5.41) is 2.82. The largest absolute Gasteiger partial charge is 0.469 e. The molecule has 0 aromatic rings. The van der Waals surface area contributed by atoms with E-state index < -0.39 is 5.41 Å². The highest BCUT2D eigenvalue weighted by molar-refractivity contribution is 5.83. The van der Waals surface area contributed by atoms with Crippen LogP contribution in [0.2, 0.25) is 0 Å².